The molecule has 34 heavy (non-hydrogen) atoms. The van der Waals surface area contributed by atoms with Crippen molar-refractivity contribution >= 4 is 21.8 Å². The van der Waals surface area contributed by atoms with E-state index in [1.54, 1.807) is 59.5 Å². The molecule has 2 aromatic carbocycles. The summed E-state index contributed by atoms with van der Waals surface area (Å²) < 4.78 is 30.7. The molecule has 2 aromatic rings. The van der Waals surface area contributed by atoms with E-state index >= 15 is 0 Å². The van der Waals surface area contributed by atoms with Crippen LogP contribution in [0.25, 0.3) is 0 Å². The van der Waals surface area contributed by atoms with Gasteiger partial charge in [-0.05, 0) is 50.6 Å². The number of carbonyl (C=O) groups excluding carboxylic acids is 2. The molecule has 0 atom stereocenters. The molecule has 1 fully saturated rings. The minimum absolute atomic E-state index is 0.167. The summed E-state index contributed by atoms with van der Waals surface area (Å²) in [5.74, 6) is -0.411. The molecule has 9 heteroatoms. The van der Waals surface area contributed by atoms with E-state index < -0.39 is 15.4 Å². The van der Waals surface area contributed by atoms with Gasteiger partial charge in [0.1, 0.15) is 5.60 Å². The zero-order valence-corrected chi connectivity index (χ0v) is 20.8. The van der Waals surface area contributed by atoms with Crippen LogP contribution in [-0.4, -0.2) is 75.1 Å². The van der Waals surface area contributed by atoms with Gasteiger partial charge in [0, 0.05) is 44.8 Å². The molecule has 0 saturated carbocycles. The van der Waals surface area contributed by atoms with Crippen LogP contribution in [0, 0.1) is 0 Å². The average Bonchev–Trinajstić information content (AvgIpc) is 2.79. The van der Waals surface area contributed by atoms with E-state index in [-0.39, 0.29) is 22.6 Å². The molecular weight excluding hydrogens is 454 g/mol. The highest BCUT2D eigenvalue weighted by molar-refractivity contribution is 7.90. The van der Waals surface area contributed by atoms with Crippen molar-refractivity contribution in [3.05, 3.63) is 65.7 Å². The summed E-state index contributed by atoms with van der Waals surface area (Å²) in [6, 6.07) is 15.0. The van der Waals surface area contributed by atoms with Gasteiger partial charge in [0.15, 0.2) is 9.84 Å². The number of ether oxygens (including phenoxy) is 1. The van der Waals surface area contributed by atoms with Gasteiger partial charge in [0.2, 0.25) is 0 Å². The standard InChI is InChI=1S/C25H33N3O5S/c1-25(2,3)33-24(30)28-16-14-27(15-17-28)13-12-26-23(29)21-9-7-8-20(18-21)19-34(31,32)22-10-5-4-6-11-22/h4-11,18H,12-17,19H2,1-3H3,(H,26,29). The highest BCUT2D eigenvalue weighted by atomic mass is 32.2. The Morgan fingerprint density at radius 2 is 1.65 bits per heavy atom. The van der Waals surface area contributed by atoms with E-state index in [0.717, 1.165) is 0 Å². The lowest BCUT2D eigenvalue weighted by Crippen LogP contribution is -2.51. The van der Waals surface area contributed by atoms with Gasteiger partial charge < -0.3 is 15.0 Å². The van der Waals surface area contributed by atoms with E-state index in [0.29, 0.717) is 50.4 Å². The van der Waals surface area contributed by atoms with E-state index in [9.17, 15) is 18.0 Å². The van der Waals surface area contributed by atoms with Crippen LogP contribution in [0.15, 0.2) is 59.5 Å². The predicted molar refractivity (Wildman–Crippen MR) is 130 cm³/mol. The summed E-state index contributed by atoms with van der Waals surface area (Å²) in [5.41, 5.74) is 0.479. The number of amides is 2. The lowest BCUT2D eigenvalue weighted by molar-refractivity contribution is 0.0147. The van der Waals surface area contributed by atoms with Crippen molar-refractivity contribution in [2.45, 2.75) is 37.0 Å². The Morgan fingerprint density at radius 3 is 2.29 bits per heavy atom. The van der Waals surface area contributed by atoms with Crippen molar-refractivity contribution in [3.8, 4) is 0 Å². The number of nitrogens with one attached hydrogen (secondary N) is 1. The molecule has 0 unspecified atom stereocenters. The maximum atomic E-state index is 12.6. The second kappa shape index (κ2) is 11.0. The van der Waals surface area contributed by atoms with Crippen LogP contribution in [0.1, 0.15) is 36.7 Å². The minimum atomic E-state index is -3.48. The lowest BCUT2D eigenvalue weighted by atomic mass is 10.1. The Balaban J connectivity index is 1.46. The number of sulfone groups is 1. The van der Waals surface area contributed by atoms with Crippen molar-refractivity contribution < 1.29 is 22.7 Å². The number of hydrogen-bond donors (Lipinski definition) is 1. The second-order valence-corrected chi connectivity index (χ2v) is 11.3. The zero-order chi connectivity index (χ0) is 24.8. The van der Waals surface area contributed by atoms with Crippen LogP contribution < -0.4 is 5.32 Å². The van der Waals surface area contributed by atoms with Gasteiger partial charge in [-0.25, -0.2) is 13.2 Å². The Hall–Kier alpha value is -2.91. The highest BCUT2D eigenvalue weighted by Gasteiger charge is 2.25. The molecule has 0 radical (unpaired) electrons. The minimum Gasteiger partial charge on any atom is -0.444 e. The Bertz CT molecular complexity index is 1090. The number of nitrogens with zero attached hydrogens (tertiary/aromatic N) is 2. The highest BCUT2D eigenvalue weighted by Crippen LogP contribution is 2.17. The fourth-order valence-corrected chi connectivity index (χ4v) is 5.00. The molecule has 1 heterocycles. The van der Waals surface area contributed by atoms with Crippen LogP contribution in [-0.2, 0) is 20.3 Å². The fourth-order valence-electron chi connectivity index (χ4n) is 3.64. The second-order valence-electron chi connectivity index (χ2n) is 9.34. The summed E-state index contributed by atoms with van der Waals surface area (Å²) in [5, 5.41) is 2.90. The van der Waals surface area contributed by atoms with Crippen LogP contribution in [0.2, 0.25) is 0 Å². The summed E-state index contributed by atoms with van der Waals surface area (Å²) in [6.45, 7) is 9.25. The lowest BCUT2D eigenvalue weighted by Gasteiger charge is -2.35. The van der Waals surface area contributed by atoms with Gasteiger partial charge in [0.05, 0.1) is 10.6 Å². The van der Waals surface area contributed by atoms with E-state index in [4.69, 9.17) is 4.74 Å². The summed E-state index contributed by atoms with van der Waals surface area (Å²) in [6.07, 6.45) is -0.297. The first-order valence-corrected chi connectivity index (χ1v) is 13.0. The van der Waals surface area contributed by atoms with Crippen molar-refractivity contribution in [2.24, 2.45) is 0 Å². The molecule has 8 nitrogen and oxygen atoms in total. The monoisotopic (exact) mass is 487 g/mol. The SMILES string of the molecule is CC(C)(C)OC(=O)N1CCN(CCNC(=O)c2cccc(CS(=O)(=O)c3ccccc3)c2)CC1. The van der Waals surface area contributed by atoms with Crippen LogP contribution in [0.3, 0.4) is 0 Å². The summed E-state index contributed by atoms with van der Waals surface area (Å²) in [7, 11) is -3.48. The zero-order valence-electron chi connectivity index (χ0n) is 20.0. The van der Waals surface area contributed by atoms with E-state index in [1.165, 1.54) is 0 Å². The first-order valence-electron chi connectivity index (χ1n) is 11.4. The van der Waals surface area contributed by atoms with Gasteiger partial charge in [-0.3, -0.25) is 9.69 Å². The molecule has 1 N–H and O–H groups in total. The third-order valence-electron chi connectivity index (χ3n) is 5.39. The number of hydrogen-bond acceptors (Lipinski definition) is 6. The van der Waals surface area contributed by atoms with Gasteiger partial charge in [-0.2, -0.15) is 0 Å². The van der Waals surface area contributed by atoms with Crippen molar-refractivity contribution in [3.63, 3.8) is 0 Å². The third kappa shape index (κ3) is 7.56. The van der Waals surface area contributed by atoms with Gasteiger partial charge in [-0.15, -0.1) is 0 Å². The number of piperazine rings is 1. The van der Waals surface area contributed by atoms with E-state index in [2.05, 4.69) is 10.2 Å². The number of benzene rings is 2. The number of rotatable bonds is 7. The molecule has 1 aliphatic heterocycles. The van der Waals surface area contributed by atoms with E-state index in [1.807, 2.05) is 20.8 Å². The average molecular weight is 488 g/mol. The van der Waals surface area contributed by atoms with Crippen molar-refractivity contribution in [2.75, 3.05) is 39.3 Å². The first-order chi connectivity index (χ1) is 16.0. The fraction of sp³-hybridized carbons (Fsp3) is 0.440. The maximum absolute atomic E-state index is 12.6. The molecular formula is C25H33N3O5S. The topological polar surface area (TPSA) is 96.0 Å². The first kappa shape index (κ1) is 25.7. The molecule has 2 amide bonds. The summed E-state index contributed by atoms with van der Waals surface area (Å²) >= 11 is 0. The molecule has 0 spiro atoms. The normalized spacial score (nSPS) is 15.1. The Kier molecular flexibility index (Phi) is 8.33. The third-order valence-corrected chi connectivity index (χ3v) is 7.09. The summed E-state index contributed by atoms with van der Waals surface area (Å²) in [4.78, 5) is 28.9. The molecule has 184 valence electrons. The van der Waals surface area contributed by atoms with Crippen molar-refractivity contribution in [1.82, 2.24) is 15.1 Å². The predicted octanol–water partition coefficient (Wildman–Crippen LogP) is 2.94. The largest absolute Gasteiger partial charge is 0.444 e. The van der Waals surface area contributed by atoms with Crippen molar-refractivity contribution in [1.29, 1.82) is 0 Å². The Labute approximate surface area is 201 Å². The quantitative estimate of drug-likeness (QED) is 0.645. The van der Waals surface area contributed by atoms with Gasteiger partial charge in [-0.1, -0.05) is 30.3 Å². The molecule has 3 rings (SSSR count). The molecule has 0 bridgehead atoms. The smallest absolute Gasteiger partial charge is 0.410 e. The molecule has 0 aromatic heterocycles. The number of carbonyl (C=O) groups is 2. The van der Waals surface area contributed by atoms with Gasteiger partial charge in [0.25, 0.3) is 5.91 Å². The molecule has 1 aliphatic rings. The van der Waals surface area contributed by atoms with Crippen LogP contribution >= 0.6 is 0 Å². The van der Waals surface area contributed by atoms with Crippen LogP contribution in [0.5, 0.6) is 0 Å². The molecule has 0 aliphatic carbocycles. The Morgan fingerprint density at radius 1 is 0.971 bits per heavy atom. The molecule has 1 saturated heterocycles. The van der Waals surface area contributed by atoms with Crippen LogP contribution in [0.4, 0.5) is 4.79 Å². The maximum Gasteiger partial charge on any atom is 0.410 e. The van der Waals surface area contributed by atoms with Gasteiger partial charge >= 0.3 is 6.09 Å².